The van der Waals surface area contributed by atoms with Crippen LogP contribution in [0.3, 0.4) is 0 Å². The molecule has 0 N–H and O–H groups in total. The van der Waals surface area contributed by atoms with Gasteiger partial charge >= 0.3 is 0 Å². The third kappa shape index (κ3) is 3.38. The zero-order valence-corrected chi connectivity index (χ0v) is 12.4. The number of rotatable bonds is 4. The highest BCUT2D eigenvalue weighted by Gasteiger charge is 2.43. The molecule has 20 heavy (non-hydrogen) atoms. The first-order chi connectivity index (χ1) is 9.47. The van der Waals surface area contributed by atoms with Crippen LogP contribution in [-0.2, 0) is 14.3 Å². The van der Waals surface area contributed by atoms with Gasteiger partial charge in [-0.3, -0.25) is 4.18 Å². The minimum absolute atomic E-state index is 0.0317. The average Bonchev–Trinajstić information content (AvgIpc) is 2.45. The van der Waals surface area contributed by atoms with Gasteiger partial charge in [-0.05, 0) is 18.4 Å². The van der Waals surface area contributed by atoms with Crippen LogP contribution in [0.4, 0.5) is 0 Å². The molecule has 0 saturated heterocycles. The van der Waals surface area contributed by atoms with Crippen molar-refractivity contribution >= 4 is 10.1 Å². The number of benzene rings is 1. The molecule has 108 valence electrons. The molecule has 2 rings (SSSR count). The SMILES string of the molecule is CS(=O)(=O)OC[C@@]1(C#N)CCCC[C@@H]1c1ccccc1. The molecule has 5 heteroatoms. The Balaban J connectivity index is 2.30. The molecule has 0 aliphatic heterocycles. The standard InChI is InChI=1S/C15H19NO3S/c1-20(17,18)19-12-15(11-16)10-6-5-9-14(15)13-7-3-2-4-8-13/h2-4,7-8,14H,5-6,9-10,12H2,1H3/t14-,15+/m1/s1. The van der Waals surface area contributed by atoms with Crippen LogP contribution in [0.25, 0.3) is 0 Å². The normalized spacial score (nSPS) is 26.9. The molecule has 0 heterocycles. The fourth-order valence-corrected chi connectivity index (χ4v) is 3.39. The maximum Gasteiger partial charge on any atom is 0.264 e. The van der Waals surface area contributed by atoms with Crippen molar-refractivity contribution in [2.75, 3.05) is 12.9 Å². The number of nitrogens with zero attached hydrogens (tertiary/aromatic N) is 1. The number of hydrogen-bond acceptors (Lipinski definition) is 4. The monoisotopic (exact) mass is 293 g/mol. The second kappa shape index (κ2) is 5.94. The van der Waals surface area contributed by atoms with E-state index in [4.69, 9.17) is 4.18 Å². The summed E-state index contributed by atoms with van der Waals surface area (Å²) >= 11 is 0. The van der Waals surface area contributed by atoms with E-state index in [9.17, 15) is 13.7 Å². The van der Waals surface area contributed by atoms with Crippen LogP contribution in [0.1, 0.15) is 37.2 Å². The molecule has 1 aromatic carbocycles. The first-order valence-corrected chi connectivity index (χ1v) is 8.59. The number of hydrogen-bond donors (Lipinski definition) is 0. The molecule has 0 radical (unpaired) electrons. The van der Waals surface area contributed by atoms with E-state index in [1.54, 1.807) is 0 Å². The molecule has 0 aromatic heterocycles. The fraction of sp³-hybridized carbons (Fsp3) is 0.533. The Hall–Kier alpha value is -1.38. The Morgan fingerprint density at radius 2 is 2.05 bits per heavy atom. The van der Waals surface area contributed by atoms with Gasteiger partial charge in [0.25, 0.3) is 10.1 Å². The van der Waals surface area contributed by atoms with Crippen molar-refractivity contribution in [2.45, 2.75) is 31.6 Å². The summed E-state index contributed by atoms with van der Waals surface area (Å²) in [4.78, 5) is 0. The summed E-state index contributed by atoms with van der Waals surface area (Å²) in [5, 5.41) is 9.65. The van der Waals surface area contributed by atoms with Gasteiger partial charge in [0.15, 0.2) is 0 Å². The van der Waals surface area contributed by atoms with E-state index >= 15 is 0 Å². The maximum absolute atomic E-state index is 11.2. The smallest absolute Gasteiger partial charge is 0.264 e. The molecule has 0 spiro atoms. The minimum atomic E-state index is -3.53. The first kappa shape index (κ1) is 15.0. The lowest BCUT2D eigenvalue weighted by molar-refractivity contribution is 0.130. The summed E-state index contributed by atoms with van der Waals surface area (Å²) in [6.45, 7) is -0.0537. The van der Waals surface area contributed by atoms with Gasteiger partial charge in [0.2, 0.25) is 0 Å². The van der Waals surface area contributed by atoms with Crippen molar-refractivity contribution < 1.29 is 12.6 Å². The van der Waals surface area contributed by atoms with Crippen molar-refractivity contribution in [3.8, 4) is 6.07 Å². The largest absolute Gasteiger partial charge is 0.269 e. The third-order valence-corrected chi connectivity index (χ3v) is 4.53. The summed E-state index contributed by atoms with van der Waals surface area (Å²) in [5.74, 6) is 0.0317. The van der Waals surface area contributed by atoms with Gasteiger partial charge in [-0.2, -0.15) is 13.7 Å². The van der Waals surface area contributed by atoms with E-state index in [2.05, 4.69) is 6.07 Å². The minimum Gasteiger partial charge on any atom is -0.269 e. The Bertz CT molecular complexity index is 591. The van der Waals surface area contributed by atoms with Crippen LogP contribution in [0.5, 0.6) is 0 Å². The Labute approximate surface area is 120 Å². The van der Waals surface area contributed by atoms with E-state index in [1.807, 2.05) is 30.3 Å². The summed E-state index contributed by atoms with van der Waals surface area (Å²) in [7, 11) is -3.53. The third-order valence-electron chi connectivity index (χ3n) is 3.99. The van der Waals surface area contributed by atoms with Gasteiger partial charge in [-0.1, -0.05) is 43.2 Å². The van der Waals surface area contributed by atoms with Gasteiger partial charge in [-0.15, -0.1) is 0 Å². The summed E-state index contributed by atoms with van der Waals surface area (Å²) in [5.41, 5.74) is 0.341. The molecule has 4 nitrogen and oxygen atoms in total. The van der Waals surface area contributed by atoms with Gasteiger partial charge in [0.05, 0.1) is 24.3 Å². The lowest BCUT2D eigenvalue weighted by atomic mass is 9.65. The first-order valence-electron chi connectivity index (χ1n) is 6.77. The molecule has 0 unspecified atom stereocenters. The summed E-state index contributed by atoms with van der Waals surface area (Å²) < 4.78 is 27.5. The molecule has 2 atom stereocenters. The van der Waals surface area contributed by atoms with Crippen LogP contribution < -0.4 is 0 Å². The van der Waals surface area contributed by atoms with Crippen molar-refractivity contribution in [1.29, 1.82) is 5.26 Å². The van der Waals surface area contributed by atoms with Crippen molar-refractivity contribution in [3.63, 3.8) is 0 Å². The van der Waals surface area contributed by atoms with Gasteiger partial charge in [0, 0.05) is 5.92 Å². The lowest BCUT2D eigenvalue weighted by Crippen LogP contribution is -2.36. The van der Waals surface area contributed by atoms with Crippen LogP contribution in [0, 0.1) is 16.7 Å². The highest BCUT2D eigenvalue weighted by molar-refractivity contribution is 7.85. The Morgan fingerprint density at radius 1 is 1.35 bits per heavy atom. The van der Waals surface area contributed by atoms with E-state index in [0.717, 1.165) is 31.1 Å². The van der Waals surface area contributed by atoms with Crippen LogP contribution in [-0.4, -0.2) is 21.3 Å². The highest BCUT2D eigenvalue weighted by Crippen LogP contribution is 2.47. The van der Waals surface area contributed by atoms with E-state index in [0.29, 0.717) is 6.42 Å². The molecule has 1 saturated carbocycles. The Kier molecular flexibility index (Phi) is 4.46. The topological polar surface area (TPSA) is 67.2 Å². The number of nitriles is 1. The van der Waals surface area contributed by atoms with E-state index < -0.39 is 15.5 Å². The maximum atomic E-state index is 11.2. The highest BCUT2D eigenvalue weighted by atomic mass is 32.2. The van der Waals surface area contributed by atoms with Crippen molar-refractivity contribution in [2.24, 2.45) is 5.41 Å². The van der Waals surface area contributed by atoms with E-state index in [-0.39, 0.29) is 12.5 Å². The predicted molar refractivity (Wildman–Crippen MR) is 76.5 cm³/mol. The van der Waals surface area contributed by atoms with Gasteiger partial charge < -0.3 is 0 Å². The average molecular weight is 293 g/mol. The van der Waals surface area contributed by atoms with Crippen LogP contribution in [0.2, 0.25) is 0 Å². The molecular weight excluding hydrogens is 274 g/mol. The lowest BCUT2D eigenvalue weighted by Gasteiger charge is -2.38. The van der Waals surface area contributed by atoms with E-state index in [1.165, 1.54) is 0 Å². The van der Waals surface area contributed by atoms with Crippen molar-refractivity contribution in [1.82, 2.24) is 0 Å². The molecule has 1 aromatic rings. The van der Waals surface area contributed by atoms with Crippen LogP contribution >= 0.6 is 0 Å². The van der Waals surface area contributed by atoms with Crippen LogP contribution in [0.15, 0.2) is 30.3 Å². The summed E-state index contributed by atoms with van der Waals surface area (Å²) in [6.07, 6.45) is 4.59. The second-order valence-electron chi connectivity index (χ2n) is 5.44. The quantitative estimate of drug-likeness (QED) is 0.801. The second-order valence-corrected chi connectivity index (χ2v) is 7.09. The fourth-order valence-electron chi connectivity index (χ4n) is 2.96. The predicted octanol–water partition coefficient (Wildman–Crippen LogP) is 2.83. The zero-order chi connectivity index (χ0) is 14.6. The van der Waals surface area contributed by atoms with Gasteiger partial charge in [-0.25, -0.2) is 0 Å². The van der Waals surface area contributed by atoms with Gasteiger partial charge in [0.1, 0.15) is 0 Å². The molecule has 1 aliphatic rings. The molecule has 0 bridgehead atoms. The Morgan fingerprint density at radius 3 is 2.65 bits per heavy atom. The zero-order valence-electron chi connectivity index (χ0n) is 11.6. The molecular formula is C15H19NO3S. The molecule has 1 aliphatic carbocycles. The summed E-state index contributed by atoms with van der Waals surface area (Å²) in [6, 6.07) is 12.2. The molecule has 0 amide bonds. The molecule has 1 fully saturated rings. The van der Waals surface area contributed by atoms with Crippen molar-refractivity contribution in [3.05, 3.63) is 35.9 Å².